The summed E-state index contributed by atoms with van der Waals surface area (Å²) < 4.78 is 5.88. The Kier molecular flexibility index (Phi) is 6.71. The molecular weight excluding hydrogens is 418 g/mol. The standard InChI is InChI=1S/C26H25N3O2S/c1-4-29-25(30)23(32-26(29)28-24-7-5-6-19(3)27-24)16-20-12-14-22(15-13-20)31-17-21-10-8-18(2)9-11-21/h5-16H,4,17H2,1-3H3/b23-16-,28-26+. The molecule has 0 saturated carbocycles. The molecule has 3 aromatic rings. The van der Waals surface area contributed by atoms with E-state index in [1.807, 2.05) is 62.4 Å². The number of aliphatic imine (C=N–C) groups is 1. The van der Waals surface area contributed by atoms with Crippen LogP contribution in [0.4, 0.5) is 5.82 Å². The van der Waals surface area contributed by atoms with Crippen molar-refractivity contribution in [1.29, 1.82) is 0 Å². The van der Waals surface area contributed by atoms with Crippen LogP contribution in [0.1, 0.15) is 29.3 Å². The first kappa shape index (κ1) is 21.8. The first-order valence-electron chi connectivity index (χ1n) is 10.5. The smallest absolute Gasteiger partial charge is 0.266 e. The molecule has 0 atom stereocenters. The van der Waals surface area contributed by atoms with Crippen LogP contribution in [0.5, 0.6) is 5.75 Å². The largest absolute Gasteiger partial charge is 0.489 e. The zero-order valence-electron chi connectivity index (χ0n) is 18.4. The first-order chi connectivity index (χ1) is 15.5. The van der Waals surface area contributed by atoms with E-state index in [9.17, 15) is 4.79 Å². The molecule has 0 N–H and O–H groups in total. The van der Waals surface area contributed by atoms with Gasteiger partial charge < -0.3 is 4.74 Å². The lowest BCUT2D eigenvalue weighted by atomic mass is 10.1. The number of benzene rings is 2. The number of amides is 1. The quantitative estimate of drug-likeness (QED) is 0.445. The minimum absolute atomic E-state index is 0.0383. The van der Waals surface area contributed by atoms with Crippen LogP contribution in [-0.2, 0) is 11.4 Å². The monoisotopic (exact) mass is 443 g/mol. The van der Waals surface area contributed by atoms with Gasteiger partial charge in [0.1, 0.15) is 12.4 Å². The van der Waals surface area contributed by atoms with E-state index in [0.717, 1.165) is 22.6 Å². The SMILES string of the molecule is CCN1C(=O)/C(=C/c2ccc(OCc3ccc(C)cc3)cc2)S/C1=N/c1cccc(C)n1. The molecule has 1 amide bonds. The predicted molar refractivity (Wildman–Crippen MR) is 131 cm³/mol. The molecule has 2 aromatic carbocycles. The lowest BCUT2D eigenvalue weighted by Gasteiger charge is -2.11. The van der Waals surface area contributed by atoms with E-state index in [1.54, 1.807) is 4.90 Å². The van der Waals surface area contributed by atoms with Gasteiger partial charge in [-0.15, -0.1) is 0 Å². The molecule has 2 heterocycles. The highest BCUT2D eigenvalue weighted by Crippen LogP contribution is 2.34. The number of rotatable bonds is 6. The molecule has 0 unspecified atom stereocenters. The van der Waals surface area contributed by atoms with Gasteiger partial charge in [-0.05, 0) is 74.0 Å². The van der Waals surface area contributed by atoms with E-state index in [2.05, 4.69) is 41.2 Å². The van der Waals surface area contributed by atoms with Crippen LogP contribution in [0.2, 0.25) is 0 Å². The van der Waals surface area contributed by atoms with Gasteiger partial charge in [0.2, 0.25) is 0 Å². The van der Waals surface area contributed by atoms with Crippen molar-refractivity contribution in [2.24, 2.45) is 4.99 Å². The molecule has 0 aliphatic carbocycles. The average molecular weight is 444 g/mol. The van der Waals surface area contributed by atoms with Crippen LogP contribution in [-0.4, -0.2) is 27.5 Å². The maximum atomic E-state index is 12.9. The maximum absolute atomic E-state index is 12.9. The van der Waals surface area contributed by atoms with Crippen LogP contribution in [0, 0.1) is 13.8 Å². The highest BCUT2D eigenvalue weighted by Gasteiger charge is 2.32. The van der Waals surface area contributed by atoms with Gasteiger partial charge in [-0.1, -0.05) is 48.0 Å². The molecule has 0 bridgehead atoms. The summed E-state index contributed by atoms with van der Waals surface area (Å²) in [5.41, 5.74) is 4.19. The number of likely N-dealkylation sites (N-methyl/N-ethyl adjacent to an activating group) is 1. The Morgan fingerprint density at radius 2 is 1.78 bits per heavy atom. The van der Waals surface area contributed by atoms with E-state index in [0.29, 0.717) is 29.0 Å². The zero-order chi connectivity index (χ0) is 22.5. The summed E-state index contributed by atoms with van der Waals surface area (Å²) in [6.45, 7) is 7.01. The molecule has 1 aromatic heterocycles. The Morgan fingerprint density at radius 1 is 1.03 bits per heavy atom. The first-order valence-corrected chi connectivity index (χ1v) is 11.4. The van der Waals surface area contributed by atoms with Crippen LogP contribution in [0.25, 0.3) is 6.08 Å². The molecule has 4 rings (SSSR count). The molecule has 1 aliphatic heterocycles. The van der Waals surface area contributed by atoms with E-state index < -0.39 is 0 Å². The molecule has 32 heavy (non-hydrogen) atoms. The lowest BCUT2D eigenvalue weighted by molar-refractivity contribution is -0.122. The van der Waals surface area contributed by atoms with Crippen LogP contribution in [0.3, 0.4) is 0 Å². The molecule has 0 spiro atoms. The number of pyridine rings is 1. The van der Waals surface area contributed by atoms with Crippen molar-refractivity contribution in [3.05, 3.63) is 94.0 Å². The number of nitrogens with zero attached hydrogens (tertiary/aromatic N) is 3. The second-order valence-corrected chi connectivity index (χ2v) is 8.54. The molecule has 0 radical (unpaired) electrons. The maximum Gasteiger partial charge on any atom is 0.266 e. The summed E-state index contributed by atoms with van der Waals surface area (Å²) in [5, 5.41) is 0.653. The van der Waals surface area contributed by atoms with Crippen molar-refractivity contribution in [1.82, 2.24) is 9.88 Å². The van der Waals surface area contributed by atoms with E-state index in [4.69, 9.17) is 4.74 Å². The van der Waals surface area contributed by atoms with E-state index in [1.165, 1.54) is 17.3 Å². The van der Waals surface area contributed by atoms with Gasteiger partial charge in [0.05, 0.1) is 4.91 Å². The summed E-state index contributed by atoms with van der Waals surface area (Å²) in [4.78, 5) is 24.2. The van der Waals surface area contributed by atoms with Gasteiger partial charge in [0.25, 0.3) is 5.91 Å². The zero-order valence-corrected chi connectivity index (χ0v) is 19.2. The predicted octanol–water partition coefficient (Wildman–Crippen LogP) is 5.90. The second kappa shape index (κ2) is 9.83. The fraction of sp³-hybridized carbons (Fsp3) is 0.192. The fourth-order valence-electron chi connectivity index (χ4n) is 3.22. The Morgan fingerprint density at radius 3 is 2.47 bits per heavy atom. The summed E-state index contributed by atoms with van der Waals surface area (Å²) >= 11 is 1.38. The van der Waals surface area contributed by atoms with Crippen molar-refractivity contribution in [2.75, 3.05) is 6.54 Å². The van der Waals surface area contributed by atoms with Gasteiger partial charge in [0, 0.05) is 12.2 Å². The number of hydrogen-bond acceptors (Lipinski definition) is 5. The van der Waals surface area contributed by atoms with E-state index >= 15 is 0 Å². The summed E-state index contributed by atoms with van der Waals surface area (Å²) in [6, 6.07) is 21.7. The third-order valence-corrected chi connectivity index (χ3v) is 6.00. The molecule has 1 aliphatic rings. The number of carbonyl (C=O) groups excluding carboxylic acids is 1. The molecule has 5 nitrogen and oxygen atoms in total. The number of thioether (sulfide) groups is 1. The molecule has 162 valence electrons. The Bertz CT molecular complexity index is 1170. The number of carbonyl (C=O) groups is 1. The van der Waals surface area contributed by atoms with Crippen molar-refractivity contribution in [2.45, 2.75) is 27.4 Å². The minimum atomic E-state index is -0.0383. The number of aryl methyl sites for hydroxylation is 2. The second-order valence-electron chi connectivity index (χ2n) is 7.53. The van der Waals surface area contributed by atoms with Gasteiger partial charge in [0.15, 0.2) is 11.0 Å². The van der Waals surface area contributed by atoms with Gasteiger partial charge in [-0.3, -0.25) is 9.69 Å². The van der Waals surface area contributed by atoms with Crippen molar-refractivity contribution in [3.8, 4) is 5.75 Å². The van der Waals surface area contributed by atoms with Crippen molar-refractivity contribution >= 4 is 34.7 Å². The van der Waals surface area contributed by atoms with Gasteiger partial charge in [-0.2, -0.15) is 0 Å². The number of hydrogen-bond donors (Lipinski definition) is 0. The number of ether oxygens (including phenoxy) is 1. The van der Waals surface area contributed by atoms with Gasteiger partial charge >= 0.3 is 0 Å². The normalized spacial score (nSPS) is 16.2. The van der Waals surface area contributed by atoms with Crippen LogP contribution >= 0.6 is 11.8 Å². The summed E-state index contributed by atoms with van der Waals surface area (Å²) in [6.07, 6.45) is 1.89. The number of amidine groups is 1. The molecule has 6 heteroatoms. The number of aromatic nitrogens is 1. The Hall–Kier alpha value is -3.38. The van der Waals surface area contributed by atoms with Crippen LogP contribution < -0.4 is 4.74 Å². The average Bonchev–Trinajstić information content (AvgIpc) is 3.08. The lowest BCUT2D eigenvalue weighted by Crippen LogP contribution is -2.28. The van der Waals surface area contributed by atoms with Gasteiger partial charge in [-0.25, -0.2) is 9.98 Å². The van der Waals surface area contributed by atoms with Crippen LogP contribution in [0.15, 0.2) is 76.6 Å². The Balaban J connectivity index is 1.46. The third kappa shape index (κ3) is 5.26. The Labute approximate surface area is 192 Å². The highest BCUT2D eigenvalue weighted by molar-refractivity contribution is 8.18. The molecule has 1 saturated heterocycles. The molecular formula is C26H25N3O2S. The highest BCUT2D eigenvalue weighted by atomic mass is 32.2. The fourth-order valence-corrected chi connectivity index (χ4v) is 4.27. The summed E-state index contributed by atoms with van der Waals surface area (Å²) in [7, 11) is 0. The third-order valence-electron chi connectivity index (χ3n) is 4.99. The summed E-state index contributed by atoms with van der Waals surface area (Å²) in [5.74, 6) is 1.36. The van der Waals surface area contributed by atoms with E-state index in [-0.39, 0.29) is 5.91 Å². The van der Waals surface area contributed by atoms with Crippen molar-refractivity contribution < 1.29 is 9.53 Å². The topological polar surface area (TPSA) is 54.8 Å². The molecule has 1 fully saturated rings. The minimum Gasteiger partial charge on any atom is -0.489 e. The van der Waals surface area contributed by atoms with Crippen molar-refractivity contribution in [3.63, 3.8) is 0 Å².